The molecule has 0 aliphatic heterocycles. The van der Waals surface area contributed by atoms with E-state index in [1.54, 1.807) is 24.5 Å². The molecule has 74 valence electrons. The standard InChI is InChI=1S/C10H7N3O2/c14-13(15)10-3-5-12-7-9(10)8-2-1-4-11-6-8/h1-7H. The van der Waals surface area contributed by atoms with Crippen molar-refractivity contribution in [2.45, 2.75) is 0 Å². The van der Waals surface area contributed by atoms with Gasteiger partial charge < -0.3 is 0 Å². The van der Waals surface area contributed by atoms with Crippen LogP contribution in [0.4, 0.5) is 5.69 Å². The molecule has 15 heavy (non-hydrogen) atoms. The molecular formula is C10H7N3O2. The number of pyridine rings is 2. The van der Waals surface area contributed by atoms with Crippen LogP contribution >= 0.6 is 0 Å². The molecule has 0 aliphatic rings. The van der Waals surface area contributed by atoms with E-state index in [-0.39, 0.29) is 5.69 Å². The lowest BCUT2D eigenvalue weighted by molar-refractivity contribution is -0.384. The summed E-state index contributed by atoms with van der Waals surface area (Å²) in [5, 5.41) is 10.8. The molecular weight excluding hydrogens is 194 g/mol. The lowest BCUT2D eigenvalue weighted by Gasteiger charge is -2.00. The van der Waals surface area contributed by atoms with Crippen molar-refractivity contribution in [1.82, 2.24) is 9.97 Å². The fourth-order valence-electron chi connectivity index (χ4n) is 1.29. The summed E-state index contributed by atoms with van der Waals surface area (Å²) in [5.74, 6) is 0. The first-order valence-corrected chi connectivity index (χ1v) is 4.28. The monoisotopic (exact) mass is 201 g/mol. The number of nitrogens with zero attached hydrogens (tertiary/aromatic N) is 3. The molecule has 2 rings (SSSR count). The van der Waals surface area contributed by atoms with E-state index in [1.165, 1.54) is 18.5 Å². The van der Waals surface area contributed by atoms with E-state index in [4.69, 9.17) is 0 Å². The summed E-state index contributed by atoms with van der Waals surface area (Å²) in [7, 11) is 0. The zero-order chi connectivity index (χ0) is 10.7. The highest BCUT2D eigenvalue weighted by molar-refractivity contribution is 5.71. The molecule has 5 nitrogen and oxygen atoms in total. The molecule has 0 radical (unpaired) electrons. The van der Waals surface area contributed by atoms with Crippen molar-refractivity contribution in [2.24, 2.45) is 0 Å². The lowest BCUT2D eigenvalue weighted by Crippen LogP contribution is -1.92. The van der Waals surface area contributed by atoms with Gasteiger partial charge in [0.05, 0.1) is 10.5 Å². The van der Waals surface area contributed by atoms with Gasteiger partial charge in [0.1, 0.15) is 0 Å². The molecule has 2 heterocycles. The first-order valence-electron chi connectivity index (χ1n) is 4.28. The van der Waals surface area contributed by atoms with Gasteiger partial charge in [0, 0.05) is 36.4 Å². The number of hydrogen-bond donors (Lipinski definition) is 0. The van der Waals surface area contributed by atoms with Crippen molar-refractivity contribution >= 4 is 5.69 Å². The normalized spacial score (nSPS) is 9.87. The van der Waals surface area contributed by atoms with Crippen molar-refractivity contribution in [3.63, 3.8) is 0 Å². The Kier molecular flexibility index (Phi) is 2.37. The van der Waals surface area contributed by atoms with Crippen LogP contribution in [0.3, 0.4) is 0 Å². The zero-order valence-electron chi connectivity index (χ0n) is 7.70. The topological polar surface area (TPSA) is 68.9 Å². The molecule has 2 aromatic rings. The van der Waals surface area contributed by atoms with Crippen LogP contribution in [0.15, 0.2) is 43.0 Å². The van der Waals surface area contributed by atoms with Crippen molar-refractivity contribution in [3.05, 3.63) is 53.1 Å². The molecule has 0 fully saturated rings. The Labute approximate surface area is 85.6 Å². The molecule has 0 unspecified atom stereocenters. The van der Waals surface area contributed by atoms with Crippen LogP contribution in [0, 0.1) is 10.1 Å². The van der Waals surface area contributed by atoms with Crippen LogP contribution in [0.2, 0.25) is 0 Å². The predicted molar refractivity (Wildman–Crippen MR) is 54.1 cm³/mol. The quantitative estimate of drug-likeness (QED) is 0.550. The van der Waals surface area contributed by atoms with Gasteiger partial charge >= 0.3 is 0 Å². The highest BCUT2D eigenvalue weighted by atomic mass is 16.6. The molecule has 5 heteroatoms. The van der Waals surface area contributed by atoms with E-state index in [2.05, 4.69) is 9.97 Å². The van der Waals surface area contributed by atoms with E-state index in [9.17, 15) is 10.1 Å². The molecule has 2 aromatic heterocycles. The van der Waals surface area contributed by atoms with Gasteiger partial charge in [-0.15, -0.1) is 0 Å². The van der Waals surface area contributed by atoms with Crippen molar-refractivity contribution in [1.29, 1.82) is 0 Å². The van der Waals surface area contributed by atoms with Gasteiger partial charge in [-0.25, -0.2) is 0 Å². The molecule has 0 bridgehead atoms. The first-order chi connectivity index (χ1) is 7.29. The average molecular weight is 201 g/mol. The minimum atomic E-state index is -0.427. The van der Waals surface area contributed by atoms with Gasteiger partial charge in [-0.3, -0.25) is 20.1 Å². The SMILES string of the molecule is O=[N+]([O-])c1ccncc1-c1cccnc1. The Balaban J connectivity index is 2.58. The van der Waals surface area contributed by atoms with Crippen molar-refractivity contribution < 1.29 is 4.92 Å². The van der Waals surface area contributed by atoms with Gasteiger partial charge in [-0.05, 0) is 6.07 Å². The molecule has 0 saturated heterocycles. The molecule has 0 atom stereocenters. The Morgan fingerprint density at radius 2 is 1.93 bits per heavy atom. The van der Waals surface area contributed by atoms with E-state index in [1.807, 2.05) is 0 Å². The highest BCUT2D eigenvalue weighted by Crippen LogP contribution is 2.27. The van der Waals surface area contributed by atoms with Crippen LogP contribution in [0.1, 0.15) is 0 Å². The average Bonchev–Trinajstić information content (AvgIpc) is 2.30. The third kappa shape index (κ3) is 1.80. The minimum Gasteiger partial charge on any atom is -0.264 e. The molecule has 0 spiro atoms. The first kappa shape index (κ1) is 9.26. The summed E-state index contributed by atoms with van der Waals surface area (Å²) in [4.78, 5) is 18.1. The number of aromatic nitrogens is 2. The van der Waals surface area contributed by atoms with Crippen molar-refractivity contribution in [2.75, 3.05) is 0 Å². The second-order valence-electron chi connectivity index (χ2n) is 2.89. The summed E-state index contributed by atoms with van der Waals surface area (Å²) in [6, 6.07) is 4.87. The molecule has 0 N–H and O–H groups in total. The minimum absolute atomic E-state index is 0.0398. The van der Waals surface area contributed by atoms with Crippen LogP contribution in [-0.4, -0.2) is 14.9 Å². The summed E-state index contributed by atoms with van der Waals surface area (Å²) in [5.41, 5.74) is 1.21. The molecule has 0 aromatic carbocycles. The van der Waals surface area contributed by atoms with E-state index in [0.29, 0.717) is 11.1 Å². The largest absolute Gasteiger partial charge is 0.280 e. The molecule has 0 aliphatic carbocycles. The predicted octanol–water partition coefficient (Wildman–Crippen LogP) is 2.05. The van der Waals surface area contributed by atoms with Crippen molar-refractivity contribution in [3.8, 4) is 11.1 Å². The zero-order valence-corrected chi connectivity index (χ0v) is 7.70. The van der Waals surface area contributed by atoms with E-state index in [0.717, 1.165) is 0 Å². The summed E-state index contributed by atoms with van der Waals surface area (Å²) in [6.45, 7) is 0. The van der Waals surface area contributed by atoms with Gasteiger partial charge in [-0.2, -0.15) is 0 Å². The van der Waals surface area contributed by atoms with Crippen LogP contribution in [-0.2, 0) is 0 Å². The molecule has 0 saturated carbocycles. The number of nitro groups is 1. The van der Waals surface area contributed by atoms with Gasteiger partial charge in [0.25, 0.3) is 5.69 Å². The highest BCUT2D eigenvalue weighted by Gasteiger charge is 2.14. The molecule has 0 amide bonds. The third-order valence-electron chi connectivity index (χ3n) is 1.97. The van der Waals surface area contributed by atoms with Gasteiger partial charge in [0.15, 0.2) is 0 Å². The maximum Gasteiger partial charge on any atom is 0.280 e. The summed E-state index contributed by atoms with van der Waals surface area (Å²) >= 11 is 0. The third-order valence-corrected chi connectivity index (χ3v) is 1.97. The van der Waals surface area contributed by atoms with Crippen LogP contribution < -0.4 is 0 Å². The van der Waals surface area contributed by atoms with Gasteiger partial charge in [-0.1, -0.05) is 6.07 Å². The Bertz CT molecular complexity index is 485. The maximum atomic E-state index is 10.8. The second kappa shape index (κ2) is 3.83. The van der Waals surface area contributed by atoms with E-state index >= 15 is 0 Å². The van der Waals surface area contributed by atoms with Gasteiger partial charge in [0.2, 0.25) is 0 Å². The maximum absolute atomic E-state index is 10.8. The smallest absolute Gasteiger partial charge is 0.264 e. The van der Waals surface area contributed by atoms with E-state index < -0.39 is 4.92 Å². The van der Waals surface area contributed by atoms with Crippen LogP contribution in [0.25, 0.3) is 11.1 Å². The second-order valence-corrected chi connectivity index (χ2v) is 2.89. The summed E-state index contributed by atoms with van der Waals surface area (Å²) in [6.07, 6.45) is 6.06. The Morgan fingerprint density at radius 1 is 1.13 bits per heavy atom. The van der Waals surface area contributed by atoms with Crippen LogP contribution in [0.5, 0.6) is 0 Å². The summed E-state index contributed by atoms with van der Waals surface area (Å²) < 4.78 is 0. The fourth-order valence-corrected chi connectivity index (χ4v) is 1.29. The number of hydrogen-bond acceptors (Lipinski definition) is 4. The Morgan fingerprint density at radius 3 is 2.60 bits per heavy atom. The number of rotatable bonds is 2. The lowest BCUT2D eigenvalue weighted by atomic mass is 10.1. The Hall–Kier alpha value is -2.30. The fraction of sp³-hybridized carbons (Fsp3) is 0.